The number of unbranched alkanes of at least 4 members (excludes halogenated alkanes) is 2. The van der Waals surface area contributed by atoms with Gasteiger partial charge in [0.15, 0.2) is 0 Å². The highest BCUT2D eigenvalue weighted by atomic mass is 16.3. The summed E-state index contributed by atoms with van der Waals surface area (Å²) in [5.41, 5.74) is 5.11. The number of carbonyl (C=O) groups is 2. The second-order valence-corrected chi connectivity index (χ2v) is 4.92. The number of hydrogen-bond donors (Lipinski definition) is 3. The molecule has 19 heavy (non-hydrogen) atoms. The van der Waals surface area contributed by atoms with Crippen LogP contribution in [0.2, 0.25) is 0 Å². The van der Waals surface area contributed by atoms with Gasteiger partial charge in [-0.15, -0.1) is 0 Å². The summed E-state index contributed by atoms with van der Waals surface area (Å²) in [4.78, 5) is 24.8. The highest BCUT2D eigenvalue weighted by molar-refractivity contribution is 5.86. The van der Waals surface area contributed by atoms with Crippen LogP contribution in [0.25, 0.3) is 0 Å². The van der Waals surface area contributed by atoms with Crippen LogP contribution in [0.4, 0.5) is 4.79 Å². The van der Waals surface area contributed by atoms with Crippen LogP contribution in [-0.2, 0) is 4.79 Å². The van der Waals surface area contributed by atoms with Crippen molar-refractivity contribution >= 4 is 11.9 Å². The molecule has 0 rings (SSSR count). The zero-order valence-corrected chi connectivity index (χ0v) is 12.2. The van der Waals surface area contributed by atoms with Gasteiger partial charge in [-0.05, 0) is 25.2 Å². The van der Waals surface area contributed by atoms with E-state index < -0.39 is 12.1 Å². The van der Waals surface area contributed by atoms with Crippen LogP contribution in [0.15, 0.2) is 0 Å². The fourth-order valence-corrected chi connectivity index (χ4v) is 1.82. The molecule has 0 aromatic heterocycles. The SMILES string of the molecule is CCC(C)C(NC(N)=O)C(=O)N(C)CCCCCO. The summed E-state index contributed by atoms with van der Waals surface area (Å²) in [5, 5.41) is 11.2. The zero-order chi connectivity index (χ0) is 14.8. The number of aliphatic hydroxyl groups excluding tert-OH is 1. The number of primary amides is 1. The molecule has 0 heterocycles. The molecule has 0 aliphatic heterocycles. The third-order valence-corrected chi connectivity index (χ3v) is 3.30. The first-order chi connectivity index (χ1) is 8.93. The molecule has 0 saturated carbocycles. The van der Waals surface area contributed by atoms with Gasteiger partial charge in [-0.3, -0.25) is 4.79 Å². The fourth-order valence-electron chi connectivity index (χ4n) is 1.82. The quantitative estimate of drug-likeness (QED) is 0.539. The Kier molecular flexibility index (Phi) is 8.95. The minimum absolute atomic E-state index is 0.0416. The maximum atomic E-state index is 12.2. The largest absolute Gasteiger partial charge is 0.396 e. The fraction of sp³-hybridized carbons (Fsp3) is 0.846. The summed E-state index contributed by atoms with van der Waals surface area (Å²) < 4.78 is 0. The minimum Gasteiger partial charge on any atom is -0.396 e. The Morgan fingerprint density at radius 1 is 1.32 bits per heavy atom. The van der Waals surface area contributed by atoms with E-state index in [1.807, 2.05) is 13.8 Å². The van der Waals surface area contributed by atoms with E-state index in [0.717, 1.165) is 25.7 Å². The molecule has 0 aliphatic carbocycles. The summed E-state index contributed by atoms with van der Waals surface area (Å²) in [6, 6.07) is -1.24. The summed E-state index contributed by atoms with van der Waals surface area (Å²) in [7, 11) is 1.72. The average molecular weight is 273 g/mol. The Balaban J connectivity index is 4.39. The summed E-state index contributed by atoms with van der Waals surface area (Å²) in [5.74, 6) is -0.0722. The van der Waals surface area contributed by atoms with Crippen molar-refractivity contribution in [3.05, 3.63) is 0 Å². The second-order valence-electron chi connectivity index (χ2n) is 4.92. The first kappa shape index (κ1) is 17.7. The Hall–Kier alpha value is -1.30. The van der Waals surface area contributed by atoms with Crippen molar-refractivity contribution in [2.24, 2.45) is 11.7 Å². The third-order valence-electron chi connectivity index (χ3n) is 3.30. The van der Waals surface area contributed by atoms with Crippen molar-refractivity contribution in [3.63, 3.8) is 0 Å². The predicted octanol–water partition coefficient (Wildman–Crippen LogP) is 0.690. The molecule has 0 bridgehead atoms. The van der Waals surface area contributed by atoms with Crippen molar-refractivity contribution in [1.82, 2.24) is 10.2 Å². The number of hydrogen-bond acceptors (Lipinski definition) is 3. The molecule has 0 saturated heterocycles. The van der Waals surface area contributed by atoms with Gasteiger partial charge in [0.25, 0.3) is 0 Å². The van der Waals surface area contributed by atoms with Gasteiger partial charge in [0.2, 0.25) is 5.91 Å². The lowest BCUT2D eigenvalue weighted by molar-refractivity contribution is -0.133. The van der Waals surface area contributed by atoms with E-state index in [2.05, 4.69) is 5.32 Å². The number of nitrogens with two attached hydrogens (primary N) is 1. The van der Waals surface area contributed by atoms with Crippen LogP contribution < -0.4 is 11.1 Å². The molecule has 112 valence electrons. The highest BCUT2D eigenvalue weighted by Gasteiger charge is 2.27. The molecule has 0 radical (unpaired) electrons. The van der Waals surface area contributed by atoms with Gasteiger partial charge in [0.05, 0.1) is 0 Å². The Morgan fingerprint density at radius 3 is 2.42 bits per heavy atom. The number of nitrogens with zero attached hydrogens (tertiary/aromatic N) is 1. The van der Waals surface area contributed by atoms with Crippen molar-refractivity contribution in [3.8, 4) is 0 Å². The van der Waals surface area contributed by atoms with Gasteiger partial charge >= 0.3 is 6.03 Å². The lowest BCUT2D eigenvalue weighted by Crippen LogP contribution is -2.52. The van der Waals surface area contributed by atoms with E-state index >= 15 is 0 Å². The number of aliphatic hydroxyl groups is 1. The molecular weight excluding hydrogens is 246 g/mol. The molecule has 0 spiro atoms. The van der Waals surface area contributed by atoms with Gasteiger partial charge in [0, 0.05) is 20.2 Å². The van der Waals surface area contributed by atoms with Crippen molar-refractivity contribution in [2.45, 2.75) is 45.6 Å². The zero-order valence-electron chi connectivity index (χ0n) is 12.2. The molecule has 4 N–H and O–H groups in total. The molecular formula is C13H27N3O3. The summed E-state index contributed by atoms with van der Waals surface area (Å²) in [6.45, 7) is 4.68. The molecule has 6 nitrogen and oxygen atoms in total. The van der Waals surface area contributed by atoms with E-state index in [1.54, 1.807) is 11.9 Å². The summed E-state index contributed by atoms with van der Waals surface area (Å²) >= 11 is 0. The monoisotopic (exact) mass is 273 g/mol. The smallest absolute Gasteiger partial charge is 0.312 e. The Labute approximate surface area is 115 Å². The maximum Gasteiger partial charge on any atom is 0.312 e. The lowest BCUT2D eigenvalue weighted by atomic mass is 9.98. The minimum atomic E-state index is -0.674. The van der Waals surface area contributed by atoms with Gasteiger partial charge in [0.1, 0.15) is 6.04 Å². The van der Waals surface area contributed by atoms with E-state index in [1.165, 1.54) is 0 Å². The molecule has 6 heteroatoms. The molecule has 0 aliphatic rings. The first-order valence-electron chi connectivity index (χ1n) is 6.85. The standard InChI is InChI=1S/C13H27N3O3/c1-4-10(2)11(15-13(14)19)12(18)16(3)8-6-5-7-9-17/h10-11,17H,4-9H2,1-3H3,(H3,14,15,19). The number of carbonyl (C=O) groups excluding carboxylic acids is 2. The maximum absolute atomic E-state index is 12.2. The van der Waals surface area contributed by atoms with Crippen LogP contribution in [0, 0.1) is 5.92 Å². The van der Waals surface area contributed by atoms with Crippen molar-refractivity contribution < 1.29 is 14.7 Å². The molecule has 3 amide bonds. The van der Waals surface area contributed by atoms with Crippen molar-refractivity contribution in [1.29, 1.82) is 0 Å². The molecule has 0 aromatic carbocycles. The van der Waals surface area contributed by atoms with Crippen LogP contribution in [-0.4, -0.2) is 48.2 Å². The van der Waals surface area contributed by atoms with Crippen LogP contribution in [0.3, 0.4) is 0 Å². The molecule has 2 unspecified atom stereocenters. The Bertz CT molecular complexity index is 284. The number of rotatable bonds is 9. The van der Waals surface area contributed by atoms with Crippen molar-refractivity contribution in [2.75, 3.05) is 20.2 Å². The predicted molar refractivity (Wildman–Crippen MR) is 74.5 cm³/mol. The first-order valence-corrected chi connectivity index (χ1v) is 6.85. The highest BCUT2D eigenvalue weighted by Crippen LogP contribution is 2.11. The second kappa shape index (κ2) is 9.61. The third kappa shape index (κ3) is 7.00. The van der Waals surface area contributed by atoms with Crippen LogP contribution in [0.5, 0.6) is 0 Å². The topological polar surface area (TPSA) is 95.7 Å². The summed E-state index contributed by atoms with van der Waals surface area (Å²) in [6.07, 6.45) is 3.25. The molecule has 0 aromatic rings. The van der Waals surface area contributed by atoms with Gasteiger partial charge in [-0.2, -0.15) is 0 Å². The van der Waals surface area contributed by atoms with E-state index in [4.69, 9.17) is 10.8 Å². The number of urea groups is 1. The van der Waals surface area contributed by atoms with Crippen LogP contribution >= 0.6 is 0 Å². The van der Waals surface area contributed by atoms with E-state index in [9.17, 15) is 9.59 Å². The van der Waals surface area contributed by atoms with Crippen LogP contribution in [0.1, 0.15) is 39.5 Å². The van der Waals surface area contributed by atoms with Gasteiger partial charge < -0.3 is 21.1 Å². The molecule has 2 atom stereocenters. The average Bonchev–Trinajstić information content (AvgIpc) is 2.38. The number of nitrogens with one attached hydrogen (secondary N) is 1. The van der Waals surface area contributed by atoms with E-state index in [-0.39, 0.29) is 18.4 Å². The normalized spacial score (nSPS) is 13.7. The number of likely N-dealkylation sites (N-methyl/N-ethyl adjacent to an activating group) is 1. The lowest BCUT2D eigenvalue weighted by Gasteiger charge is -2.27. The van der Waals surface area contributed by atoms with Gasteiger partial charge in [-0.25, -0.2) is 4.79 Å². The number of amides is 3. The van der Waals surface area contributed by atoms with E-state index in [0.29, 0.717) is 6.54 Å². The Morgan fingerprint density at radius 2 is 1.95 bits per heavy atom. The van der Waals surface area contributed by atoms with Gasteiger partial charge in [-0.1, -0.05) is 20.3 Å². The molecule has 0 fully saturated rings.